The smallest absolute Gasteiger partial charge is 0.319 e. The summed E-state index contributed by atoms with van der Waals surface area (Å²) in [7, 11) is 0. The molecule has 0 radical (unpaired) electrons. The number of hydrogen-bond donors (Lipinski definition) is 1. The average Bonchev–Trinajstić information content (AvgIpc) is 2.66. The van der Waals surface area contributed by atoms with Gasteiger partial charge in [-0.1, -0.05) is 37.3 Å². The standard InChI is InChI=1S/C13H16ClN3O3/c14-12-11(17(19)20)10(7-8-15-12)13(18)16-9-5-3-1-2-4-6-9/h7-9H,1-6H2,(H,16,18). The Morgan fingerprint density at radius 2 is 2.00 bits per heavy atom. The van der Waals surface area contributed by atoms with Crippen molar-refractivity contribution in [1.29, 1.82) is 0 Å². The second-order valence-electron chi connectivity index (χ2n) is 4.92. The topological polar surface area (TPSA) is 85.1 Å². The maximum absolute atomic E-state index is 12.2. The summed E-state index contributed by atoms with van der Waals surface area (Å²) in [4.78, 5) is 26.2. The lowest BCUT2D eigenvalue weighted by molar-refractivity contribution is -0.385. The molecule has 1 aromatic heterocycles. The van der Waals surface area contributed by atoms with Crippen LogP contribution in [0.1, 0.15) is 48.9 Å². The molecule has 20 heavy (non-hydrogen) atoms. The van der Waals surface area contributed by atoms with Gasteiger partial charge in [0.25, 0.3) is 5.91 Å². The maximum Gasteiger partial charge on any atom is 0.319 e. The molecule has 1 aromatic rings. The molecule has 0 bridgehead atoms. The van der Waals surface area contributed by atoms with Crippen molar-refractivity contribution in [3.05, 3.63) is 33.1 Å². The van der Waals surface area contributed by atoms with Crippen LogP contribution in [0, 0.1) is 10.1 Å². The zero-order chi connectivity index (χ0) is 14.5. The molecular weight excluding hydrogens is 282 g/mol. The van der Waals surface area contributed by atoms with Gasteiger partial charge in [-0.15, -0.1) is 0 Å². The number of carbonyl (C=O) groups is 1. The van der Waals surface area contributed by atoms with Crippen LogP contribution in [-0.4, -0.2) is 21.9 Å². The Morgan fingerprint density at radius 1 is 1.35 bits per heavy atom. The molecule has 0 atom stereocenters. The van der Waals surface area contributed by atoms with E-state index in [1.54, 1.807) is 0 Å². The number of hydrogen-bond acceptors (Lipinski definition) is 4. The fourth-order valence-corrected chi connectivity index (χ4v) is 2.70. The third-order valence-corrected chi connectivity index (χ3v) is 3.77. The highest BCUT2D eigenvalue weighted by Crippen LogP contribution is 2.26. The van der Waals surface area contributed by atoms with Gasteiger partial charge in [0.15, 0.2) is 0 Å². The fourth-order valence-electron chi connectivity index (χ4n) is 2.47. The minimum Gasteiger partial charge on any atom is -0.349 e. The minimum atomic E-state index is -0.669. The van der Waals surface area contributed by atoms with Crippen molar-refractivity contribution in [3.63, 3.8) is 0 Å². The molecule has 1 aliphatic rings. The van der Waals surface area contributed by atoms with E-state index in [-0.39, 0.29) is 16.8 Å². The molecule has 1 saturated carbocycles. The fraction of sp³-hybridized carbons (Fsp3) is 0.538. The van der Waals surface area contributed by atoms with Crippen LogP contribution in [-0.2, 0) is 0 Å². The van der Waals surface area contributed by atoms with E-state index < -0.39 is 16.5 Å². The first-order valence-corrected chi connectivity index (χ1v) is 7.07. The molecule has 0 unspecified atom stereocenters. The first-order chi connectivity index (χ1) is 9.59. The zero-order valence-corrected chi connectivity index (χ0v) is 11.7. The third-order valence-electron chi connectivity index (χ3n) is 3.50. The lowest BCUT2D eigenvalue weighted by atomic mass is 10.1. The summed E-state index contributed by atoms with van der Waals surface area (Å²) in [6.45, 7) is 0. The van der Waals surface area contributed by atoms with Crippen LogP contribution in [0.25, 0.3) is 0 Å². The first-order valence-electron chi connectivity index (χ1n) is 6.69. The summed E-state index contributed by atoms with van der Waals surface area (Å²) in [5.41, 5.74) is -0.459. The summed E-state index contributed by atoms with van der Waals surface area (Å²) < 4.78 is 0. The van der Waals surface area contributed by atoms with Crippen molar-refractivity contribution in [2.75, 3.05) is 0 Å². The van der Waals surface area contributed by atoms with Gasteiger partial charge in [-0.2, -0.15) is 0 Å². The monoisotopic (exact) mass is 297 g/mol. The van der Waals surface area contributed by atoms with E-state index in [0.29, 0.717) is 0 Å². The molecule has 1 heterocycles. The van der Waals surface area contributed by atoms with Gasteiger partial charge in [-0.05, 0) is 18.9 Å². The van der Waals surface area contributed by atoms with E-state index in [4.69, 9.17) is 11.6 Å². The molecule has 108 valence electrons. The molecule has 0 spiro atoms. The Labute approximate surface area is 121 Å². The normalized spacial score (nSPS) is 16.4. The average molecular weight is 298 g/mol. The Morgan fingerprint density at radius 3 is 2.60 bits per heavy atom. The Balaban J connectivity index is 2.16. The van der Waals surface area contributed by atoms with Crippen molar-refractivity contribution >= 4 is 23.2 Å². The van der Waals surface area contributed by atoms with Crippen molar-refractivity contribution in [1.82, 2.24) is 10.3 Å². The van der Waals surface area contributed by atoms with Gasteiger partial charge in [0.2, 0.25) is 5.15 Å². The van der Waals surface area contributed by atoms with Gasteiger partial charge in [0.05, 0.1) is 4.92 Å². The van der Waals surface area contributed by atoms with Crippen LogP contribution < -0.4 is 5.32 Å². The van der Waals surface area contributed by atoms with Crippen LogP contribution in [0.4, 0.5) is 5.69 Å². The van der Waals surface area contributed by atoms with E-state index in [9.17, 15) is 14.9 Å². The molecule has 6 nitrogen and oxygen atoms in total. The number of carbonyl (C=O) groups excluding carboxylic acids is 1. The van der Waals surface area contributed by atoms with Gasteiger partial charge >= 0.3 is 5.69 Å². The highest BCUT2D eigenvalue weighted by molar-refractivity contribution is 6.32. The molecule has 1 N–H and O–H groups in total. The largest absolute Gasteiger partial charge is 0.349 e. The van der Waals surface area contributed by atoms with E-state index in [2.05, 4.69) is 10.3 Å². The quantitative estimate of drug-likeness (QED) is 0.402. The van der Waals surface area contributed by atoms with E-state index in [1.807, 2.05) is 0 Å². The van der Waals surface area contributed by atoms with Gasteiger partial charge in [0.1, 0.15) is 5.56 Å². The summed E-state index contributed by atoms with van der Waals surface area (Å²) in [5.74, 6) is -0.451. The maximum atomic E-state index is 12.2. The molecule has 2 rings (SSSR count). The molecule has 0 aromatic carbocycles. The van der Waals surface area contributed by atoms with Gasteiger partial charge < -0.3 is 5.32 Å². The van der Waals surface area contributed by atoms with Crippen LogP contribution in [0.2, 0.25) is 5.15 Å². The van der Waals surface area contributed by atoms with Crippen LogP contribution >= 0.6 is 11.6 Å². The van der Waals surface area contributed by atoms with Crippen molar-refractivity contribution in [3.8, 4) is 0 Å². The number of rotatable bonds is 3. The molecule has 0 saturated heterocycles. The summed E-state index contributed by atoms with van der Waals surface area (Å²) in [5, 5.41) is 13.6. The Bertz CT molecular complexity index is 514. The molecule has 1 fully saturated rings. The summed E-state index contributed by atoms with van der Waals surface area (Å²) in [6.07, 6.45) is 7.63. The predicted molar refractivity (Wildman–Crippen MR) is 74.9 cm³/mol. The SMILES string of the molecule is O=C(NC1CCCCCC1)c1ccnc(Cl)c1[N+](=O)[O-]. The Hall–Kier alpha value is -1.69. The minimum absolute atomic E-state index is 0.0285. The summed E-state index contributed by atoms with van der Waals surface area (Å²) in [6, 6.07) is 1.41. The van der Waals surface area contributed by atoms with Crippen molar-refractivity contribution < 1.29 is 9.72 Å². The number of pyridine rings is 1. The van der Waals surface area contributed by atoms with Gasteiger partial charge in [0, 0.05) is 12.2 Å². The predicted octanol–water partition coefficient (Wildman–Crippen LogP) is 3.10. The highest BCUT2D eigenvalue weighted by atomic mass is 35.5. The number of halogens is 1. The van der Waals surface area contributed by atoms with Gasteiger partial charge in [-0.3, -0.25) is 14.9 Å². The van der Waals surface area contributed by atoms with Crippen LogP contribution in [0.15, 0.2) is 12.3 Å². The van der Waals surface area contributed by atoms with E-state index in [1.165, 1.54) is 25.1 Å². The lowest BCUT2D eigenvalue weighted by Crippen LogP contribution is -2.34. The Kier molecular flexibility index (Phi) is 4.89. The molecule has 1 amide bonds. The number of nitrogens with zero attached hydrogens (tertiary/aromatic N) is 2. The molecular formula is C13H16ClN3O3. The van der Waals surface area contributed by atoms with E-state index in [0.717, 1.165) is 25.7 Å². The second kappa shape index (κ2) is 6.65. The van der Waals surface area contributed by atoms with Crippen LogP contribution in [0.3, 0.4) is 0 Å². The van der Waals surface area contributed by atoms with Gasteiger partial charge in [-0.25, -0.2) is 4.98 Å². The summed E-state index contributed by atoms with van der Waals surface area (Å²) >= 11 is 5.70. The van der Waals surface area contributed by atoms with E-state index >= 15 is 0 Å². The number of nitrogens with one attached hydrogen (secondary N) is 1. The lowest BCUT2D eigenvalue weighted by Gasteiger charge is -2.16. The first kappa shape index (κ1) is 14.7. The number of aromatic nitrogens is 1. The molecule has 1 aliphatic carbocycles. The number of nitro groups is 1. The van der Waals surface area contributed by atoms with Crippen molar-refractivity contribution in [2.45, 2.75) is 44.6 Å². The third kappa shape index (κ3) is 3.45. The molecule has 0 aliphatic heterocycles. The number of amides is 1. The van der Waals surface area contributed by atoms with Crippen molar-refractivity contribution in [2.24, 2.45) is 0 Å². The zero-order valence-electron chi connectivity index (χ0n) is 11.0. The molecule has 7 heteroatoms. The second-order valence-corrected chi connectivity index (χ2v) is 5.28. The highest BCUT2D eigenvalue weighted by Gasteiger charge is 2.26. The van der Waals surface area contributed by atoms with Crippen LogP contribution in [0.5, 0.6) is 0 Å².